The van der Waals surface area contributed by atoms with Crippen LogP contribution in [0.4, 0.5) is 0 Å². The molecule has 0 aromatic carbocycles. The minimum Gasteiger partial charge on any atom is -0.325 e. The average molecular weight is 170 g/mol. The summed E-state index contributed by atoms with van der Waals surface area (Å²) in [5, 5.41) is 0. The van der Waals surface area contributed by atoms with Crippen LogP contribution in [-0.4, -0.2) is 29.6 Å². The van der Waals surface area contributed by atoms with Crippen molar-refractivity contribution in [3.05, 3.63) is 0 Å². The summed E-state index contributed by atoms with van der Waals surface area (Å²) in [4.78, 5) is 2.51. The molecule has 0 aromatic heterocycles. The van der Waals surface area contributed by atoms with E-state index in [0.717, 1.165) is 6.42 Å². The van der Waals surface area contributed by atoms with Crippen LogP contribution < -0.4 is 5.73 Å². The number of likely N-dealkylation sites (tertiary alicyclic amines) is 1. The van der Waals surface area contributed by atoms with Gasteiger partial charge in [-0.25, -0.2) is 0 Å². The fourth-order valence-electron chi connectivity index (χ4n) is 1.84. The second-order valence-electron chi connectivity index (χ2n) is 4.35. The molecule has 1 aliphatic rings. The van der Waals surface area contributed by atoms with Crippen molar-refractivity contribution < 1.29 is 0 Å². The zero-order valence-corrected chi connectivity index (χ0v) is 8.64. The molecule has 2 heteroatoms. The van der Waals surface area contributed by atoms with E-state index in [9.17, 15) is 0 Å². The predicted molar refractivity (Wildman–Crippen MR) is 53.2 cm³/mol. The molecular weight excluding hydrogens is 148 g/mol. The van der Waals surface area contributed by atoms with E-state index in [1.165, 1.54) is 25.9 Å². The summed E-state index contributed by atoms with van der Waals surface area (Å²) < 4.78 is 0. The van der Waals surface area contributed by atoms with Crippen LogP contribution >= 0.6 is 0 Å². The van der Waals surface area contributed by atoms with Crippen LogP contribution in [0, 0.1) is 0 Å². The molecule has 0 radical (unpaired) electrons. The molecule has 1 saturated heterocycles. The maximum atomic E-state index is 6.19. The van der Waals surface area contributed by atoms with E-state index in [0.29, 0.717) is 6.04 Å². The maximum absolute atomic E-state index is 6.19. The van der Waals surface area contributed by atoms with E-state index in [1.54, 1.807) is 0 Å². The van der Waals surface area contributed by atoms with Crippen LogP contribution in [-0.2, 0) is 0 Å². The van der Waals surface area contributed by atoms with Gasteiger partial charge in [0, 0.05) is 24.7 Å². The molecule has 0 saturated carbocycles. The van der Waals surface area contributed by atoms with Crippen LogP contribution in [0.25, 0.3) is 0 Å². The highest BCUT2D eigenvalue weighted by Crippen LogP contribution is 2.23. The third-order valence-electron chi connectivity index (χ3n) is 3.23. The summed E-state index contributed by atoms with van der Waals surface area (Å²) in [7, 11) is 0. The summed E-state index contributed by atoms with van der Waals surface area (Å²) >= 11 is 0. The van der Waals surface area contributed by atoms with Gasteiger partial charge in [0.05, 0.1) is 0 Å². The molecule has 0 spiro atoms. The molecule has 0 unspecified atom stereocenters. The monoisotopic (exact) mass is 170 g/mol. The van der Waals surface area contributed by atoms with Crippen LogP contribution in [0.2, 0.25) is 0 Å². The summed E-state index contributed by atoms with van der Waals surface area (Å²) in [6.07, 6.45) is 3.46. The van der Waals surface area contributed by atoms with Gasteiger partial charge < -0.3 is 10.6 Å². The van der Waals surface area contributed by atoms with E-state index in [1.807, 2.05) is 0 Å². The van der Waals surface area contributed by atoms with E-state index in [-0.39, 0.29) is 5.54 Å². The van der Waals surface area contributed by atoms with Crippen molar-refractivity contribution in [2.75, 3.05) is 13.1 Å². The Labute approximate surface area is 76.1 Å². The standard InChI is InChI=1S/C10H22N2/c1-4-10(11)5-7-12(8-6-10)9(2)3/h9H,4-8,11H2,1-3H3. The Kier molecular flexibility index (Phi) is 3.13. The molecule has 1 rings (SSSR count). The van der Waals surface area contributed by atoms with Gasteiger partial charge >= 0.3 is 0 Å². The summed E-state index contributed by atoms with van der Waals surface area (Å²) in [5.41, 5.74) is 6.34. The van der Waals surface area contributed by atoms with Gasteiger partial charge in [0.15, 0.2) is 0 Å². The highest BCUT2D eigenvalue weighted by atomic mass is 15.2. The Hall–Kier alpha value is -0.0800. The van der Waals surface area contributed by atoms with Gasteiger partial charge in [-0.05, 0) is 33.1 Å². The number of rotatable bonds is 2. The summed E-state index contributed by atoms with van der Waals surface area (Å²) in [6, 6.07) is 0.686. The molecular formula is C10H22N2. The smallest absolute Gasteiger partial charge is 0.0176 e. The lowest BCUT2D eigenvalue weighted by Gasteiger charge is -2.40. The molecule has 0 bridgehead atoms. The van der Waals surface area contributed by atoms with Crippen molar-refractivity contribution in [2.45, 2.75) is 51.6 Å². The molecule has 0 aromatic rings. The Bertz CT molecular complexity index is 135. The normalized spacial score (nSPS) is 24.8. The SMILES string of the molecule is CCC1(N)CCN(C(C)C)CC1. The largest absolute Gasteiger partial charge is 0.325 e. The van der Waals surface area contributed by atoms with Gasteiger partial charge in [-0.1, -0.05) is 6.92 Å². The number of nitrogens with two attached hydrogens (primary N) is 1. The fourth-order valence-corrected chi connectivity index (χ4v) is 1.84. The first-order chi connectivity index (χ1) is 5.57. The molecule has 2 N–H and O–H groups in total. The molecule has 0 atom stereocenters. The van der Waals surface area contributed by atoms with Crippen molar-refractivity contribution in [1.82, 2.24) is 4.90 Å². The molecule has 1 aliphatic heterocycles. The first kappa shape index (κ1) is 10.0. The number of hydrogen-bond acceptors (Lipinski definition) is 2. The molecule has 0 aliphatic carbocycles. The third-order valence-corrected chi connectivity index (χ3v) is 3.23. The van der Waals surface area contributed by atoms with Crippen molar-refractivity contribution in [3.8, 4) is 0 Å². The Morgan fingerprint density at radius 3 is 2.17 bits per heavy atom. The molecule has 12 heavy (non-hydrogen) atoms. The Morgan fingerprint density at radius 2 is 1.83 bits per heavy atom. The van der Waals surface area contributed by atoms with E-state index in [4.69, 9.17) is 5.73 Å². The van der Waals surface area contributed by atoms with Gasteiger partial charge in [-0.2, -0.15) is 0 Å². The van der Waals surface area contributed by atoms with Crippen LogP contribution in [0.1, 0.15) is 40.0 Å². The lowest BCUT2D eigenvalue weighted by atomic mass is 9.86. The van der Waals surface area contributed by atoms with Crippen molar-refractivity contribution in [2.24, 2.45) is 5.73 Å². The minimum absolute atomic E-state index is 0.144. The summed E-state index contributed by atoms with van der Waals surface area (Å²) in [5.74, 6) is 0. The summed E-state index contributed by atoms with van der Waals surface area (Å²) in [6.45, 7) is 9.08. The second-order valence-corrected chi connectivity index (χ2v) is 4.35. The zero-order chi connectivity index (χ0) is 9.19. The zero-order valence-electron chi connectivity index (χ0n) is 8.64. The number of nitrogens with zero attached hydrogens (tertiary/aromatic N) is 1. The average Bonchev–Trinajstić information content (AvgIpc) is 2.05. The van der Waals surface area contributed by atoms with E-state index < -0.39 is 0 Å². The van der Waals surface area contributed by atoms with Gasteiger partial charge in [-0.3, -0.25) is 0 Å². The Morgan fingerprint density at radius 1 is 1.33 bits per heavy atom. The van der Waals surface area contributed by atoms with Crippen LogP contribution in [0.3, 0.4) is 0 Å². The predicted octanol–water partition coefficient (Wildman–Crippen LogP) is 1.60. The topological polar surface area (TPSA) is 29.3 Å². The third kappa shape index (κ3) is 2.20. The quantitative estimate of drug-likeness (QED) is 0.682. The van der Waals surface area contributed by atoms with Crippen molar-refractivity contribution in [3.63, 3.8) is 0 Å². The van der Waals surface area contributed by atoms with Gasteiger partial charge in [0.1, 0.15) is 0 Å². The first-order valence-electron chi connectivity index (χ1n) is 5.10. The molecule has 0 amide bonds. The highest BCUT2D eigenvalue weighted by Gasteiger charge is 2.29. The number of piperidine rings is 1. The van der Waals surface area contributed by atoms with Crippen LogP contribution in [0.15, 0.2) is 0 Å². The molecule has 2 nitrogen and oxygen atoms in total. The van der Waals surface area contributed by atoms with E-state index >= 15 is 0 Å². The second kappa shape index (κ2) is 3.75. The Balaban J connectivity index is 2.39. The lowest BCUT2D eigenvalue weighted by Crippen LogP contribution is -2.51. The van der Waals surface area contributed by atoms with Gasteiger partial charge in [-0.15, -0.1) is 0 Å². The van der Waals surface area contributed by atoms with Crippen LogP contribution in [0.5, 0.6) is 0 Å². The lowest BCUT2D eigenvalue weighted by molar-refractivity contribution is 0.129. The van der Waals surface area contributed by atoms with Crippen molar-refractivity contribution in [1.29, 1.82) is 0 Å². The maximum Gasteiger partial charge on any atom is 0.0176 e. The first-order valence-corrected chi connectivity index (χ1v) is 5.10. The minimum atomic E-state index is 0.144. The molecule has 1 heterocycles. The molecule has 72 valence electrons. The number of hydrogen-bond donors (Lipinski definition) is 1. The fraction of sp³-hybridized carbons (Fsp3) is 1.00. The van der Waals surface area contributed by atoms with Gasteiger partial charge in [0.25, 0.3) is 0 Å². The van der Waals surface area contributed by atoms with Crippen molar-refractivity contribution >= 4 is 0 Å². The van der Waals surface area contributed by atoms with Gasteiger partial charge in [0.2, 0.25) is 0 Å². The highest BCUT2D eigenvalue weighted by molar-refractivity contribution is 4.89. The van der Waals surface area contributed by atoms with E-state index in [2.05, 4.69) is 25.7 Å². The molecule has 1 fully saturated rings.